The number of carbonyl (C=O) groups is 2. The normalized spacial score (nSPS) is 25.1. The Morgan fingerprint density at radius 3 is 2.62 bits per heavy atom. The molecule has 2 aliphatic rings. The third-order valence-corrected chi connectivity index (χ3v) is 4.55. The Kier molecular flexibility index (Phi) is 3.31. The molecule has 1 saturated carbocycles. The molecule has 1 aliphatic carbocycles. The molecule has 2 heterocycles. The van der Waals surface area contributed by atoms with Gasteiger partial charge in [-0.1, -0.05) is 0 Å². The summed E-state index contributed by atoms with van der Waals surface area (Å²) in [5, 5.41) is 9.33. The van der Waals surface area contributed by atoms with E-state index in [-0.39, 0.29) is 29.5 Å². The molecule has 1 amide bonds. The minimum Gasteiger partial charge on any atom is -0.481 e. The number of rotatable bonds is 3. The molecule has 1 aromatic heterocycles. The molecule has 6 heteroatoms. The van der Waals surface area contributed by atoms with E-state index in [2.05, 4.69) is 0 Å². The Morgan fingerprint density at radius 2 is 2.00 bits per heavy atom. The molecule has 6 nitrogen and oxygen atoms in total. The van der Waals surface area contributed by atoms with E-state index >= 15 is 0 Å². The first kappa shape index (κ1) is 13.9. The lowest BCUT2D eigenvalue weighted by molar-refractivity contribution is -0.142. The zero-order valence-electron chi connectivity index (χ0n) is 11.9. The van der Waals surface area contributed by atoms with Gasteiger partial charge < -0.3 is 14.6 Å². The molecule has 0 spiro atoms. The van der Waals surface area contributed by atoms with Gasteiger partial charge in [-0.05, 0) is 36.8 Å². The van der Waals surface area contributed by atoms with Crippen molar-refractivity contribution in [3.05, 3.63) is 34.2 Å². The number of pyridine rings is 1. The number of aryl methyl sites for hydroxylation is 1. The number of aromatic nitrogens is 1. The molecule has 21 heavy (non-hydrogen) atoms. The highest BCUT2D eigenvalue weighted by molar-refractivity contribution is 5.94. The second-order valence-corrected chi connectivity index (χ2v) is 5.99. The fraction of sp³-hybridized carbons (Fsp3) is 0.533. The number of hydrogen-bond donors (Lipinski definition) is 1. The molecule has 0 bridgehead atoms. The summed E-state index contributed by atoms with van der Waals surface area (Å²) in [5.41, 5.74) is -0.232. The Balaban J connectivity index is 1.84. The summed E-state index contributed by atoms with van der Waals surface area (Å²) >= 11 is 0. The first-order valence-electron chi connectivity index (χ1n) is 7.16. The Labute approximate surface area is 122 Å². The van der Waals surface area contributed by atoms with Gasteiger partial charge in [0.25, 0.3) is 11.5 Å². The van der Waals surface area contributed by atoms with Crippen LogP contribution in [0, 0.1) is 17.8 Å². The third kappa shape index (κ3) is 2.46. The molecule has 0 aromatic carbocycles. The molecule has 1 aromatic rings. The van der Waals surface area contributed by atoms with Gasteiger partial charge in [0.05, 0.1) is 5.92 Å². The number of aliphatic carboxylic acids is 1. The molecule has 2 atom stereocenters. The smallest absolute Gasteiger partial charge is 0.308 e. The van der Waals surface area contributed by atoms with Crippen LogP contribution in [0.3, 0.4) is 0 Å². The van der Waals surface area contributed by atoms with Crippen LogP contribution in [0.5, 0.6) is 0 Å². The molecule has 1 N–H and O–H groups in total. The van der Waals surface area contributed by atoms with Gasteiger partial charge in [-0.15, -0.1) is 0 Å². The van der Waals surface area contributed by atoms with Crippen molar-refractivity contribution in [1.82, 2.24) is 9.47 Å². The lowest BCUT2D eigenvalue weighted by Crippen LogP contribution is -2.35. The summed E-state index contributed by atoms with van der Waals surface area (Å²) in [6.45, 7) is 0.645. The number of carbonyl (C=O) groups excluding carboxylic acids is 1. The maximum Gasteiger partial charge on any atom is 0.308 e. The predicted octanol–water partition coefficient (Wildman–Crippen LogP) is 0.568. The van der Waals surface area contributed by atoms with Crippen molar-refractivity contribution in [2.75, 3.05) is 13.1 Å². The van der Waals surface area contributed by atoms with E-state index in [9.17, 15) is 19.5 Å². The van der Waals surface area contributed by atoms with Crippen LogP contribution >= 0.6 is 0 Å². The number of nitrogens with zero attached hydrogens (tertiary/aromatic N) is 2. The van der Waals surface area contributed by atoms with Gasteiger partial charge in [-0.3, -0.25) is 14.4 Å². The highest BCUT2D eigenvalue weighted by Crippen LogP contribution is 2.44. The highest BCUT2D eigenvalue weighted by Gasteiger charge is 2.47. The molecular formula is C15H18N2O4. The first-order valence-corrected chi connectivity index (χ1v) is 7.16. The summed E-state index contributed by atoms with van der Waals surface area (Å²) in [6.07, 6.45) is 3.68. The summed E-state index contributed by atoms with van der Waals surface area (Å²) in [4.78, 5) is 37.4. The van der Waals surface area contributed by atoms with E-state index < -0.39 is 11.9 Å². The largest absolute Gasteiger partial charge is 0.481 e. The molecule has 1 aliphatic heterocycles. The predicted molar refractivity (Wildman–Crippen MR) is 74.9 cm³/mol. The Bertz CT molecular complexity index is 647. The Morgan fingerprint density at radius 1 is 1.29 bits per heavy atom. The summed E-state index contributed by atoms with van der Waals surface area (Å²) in [7, 11) is 1.59. The van der Waals surface area contributed by atoms with Gasteiger partial charge in [0, 0.05) is 26.3 Å². The third-order valence-electron chi connectivity index (χ3n) is 4.55. The SMILES string of the molecule is Cn1cccc(C(=O)N2C[C@H](C(=O)O)[C@@H](C3CC3)C2)c1=O. The average molecular weight is 290 g/mol. The van der Waals surface area contributed by atoms with Gasteiger partial charge in [-0.25, -0.2) is 0 Å². The van der Waals surface area contributed by atoms with Crippen LogP contribution in [0.4, 0.5) is 0 Å². The van der Waals surface area contributed by atoms with Gasteiger partial charge in [-0.2, -0.15) is 0 Å². The molecule has 3 rings (SSSR count). The van der Waals surface area contributed by atoms with Crippen LogP contribution in [0.1, 0.15) is 23.2 Å². The van der Waals surface area contributed by atoms with Crippen molar-refractivity contribution < 1.29 is 14.7 Å². The maximum absolute atomic E-state index is 12.5. The number of carboxylic acid groups (broad SMARTS) is 1. The summed E-state index contributed by atoms with van der Waals surface area (Å²) < 4.78 is 1.36. The van der Waals surface area contributed by atoms with Gasteiger partial charge in [0.2, 0.25) is 0 Å². The van der Waals surface area contributed by atoms with Crippen LogP contribution in [-0.4, -0.2) is 39.5 Å². The minimum atomic E-state index is -0.844. The minimum absolute atomic E-state index is 0.0269. The molecular weight excluding hydrogens is 272 g/mol. The second kappa shape index (κ2) is 5.02. The van der Waals surface area contributed by atoms with Crippen molar-refractivity contribution in [2.45, 2.75) is 12.8 Å². The summed E-state index contributed by atoms with van der Waals surface area (Å²) in [5.74, 6) is -1.26. The second-order valence-electron chi connectivity index (χ2n) is 5.99. The molecule has 112 valence electrons. The topological polar surface area (TPSA) is 79.6 Å². The standard InChI is InChI=1S/C15H18N2O4/c1-16-6-2-3-10(13(16)18)14(19)17-7-11(9-4-5-9)12(8-17)15(20)21/h2-3,6,9,11-12H,4-5,7-8H2,1H3,(H,20,21)/t11-,12+/m1/s1. The zero-order valence-corrected chi connectivity index (χ0v) is 11.9. The average Bonchev–Trinajstić information content (AvgIpc) is 3.19. The molecule has 1 saturated heterocycles. The maximum atomic E-state index is 12.5. The quantitative estimate of drug-likeness (QED) is 0.882. The first-order chi connectivity index (χ1) is 9.99. The number of hydrogen-bond acceptors (Lipinski definition) is 3. The fourth-order valence-electron chi connectivity index (χ4n) is 3.19. The van der Waals surface area contributed by atoms with E-state index in [4.69, 9.17) is 0 Å². The van der Waals surface area contributed by atoms with E-state index in [0.29, 0.717) is 12.5 Å². The molecule has 0 unspecified atom stereocenters. The van der Waals surface area contributed by atoms with Crippen molar-refractivity contribution >= 4 is 11.9 Å². The Hall–Kier alpha value is -2.11. The van der Waals surface area contributed by atoms with Crippen LogP contribution in [0.2, 0.25) is 0 Å². The van der Waals surface area contributed by atoms with E-state index in [1.165, 1.54) is 15.5 Å². The number of carboxylic acids is 1. The monoisotopic (exact) mass is 290 g/mol. The van der Waals surface area contributed by atoms with Gasteiger partial charge in [0.1, 0.15) is 5.56 Å². The highest BCUT2D eigenvalue weighted by atomic mass is 16.4. The van der Waals surface area contributed by atoms with Crippen LogP contribution in [-0.2, 0) is 11.8 Å². The molecule has 2 fully saturated rings. The van der Waals surface area contributed by atoms with Crippen molar-refractivity contribution in [3.63, 3.8) is 0 Å². The van der Waals surface area contributed by atoms with Crippen LogP contribution < -0.4 is 5.56 Å². The van der Waals surface area contributed by atoms with E-state index in [1.54, 1.807) is 19.3 Å². The van der Waals surface area contributed by atoms with Gasteiger partial charge >= 0.3 is 5.97 Å². The fourth-order valence-corrected chi connectivity index (χ4v) is 3.19. The van der Waals surface area contributed by atoms with Crippen molar-refractivity contribution in [2.24, 2.45) is 24.8 Å². The zero-order chi connectivity index (χ0) is 15.1. The van der Waals surface area contributed by atoms with Gasteiger partial charge in [0.15, 0.2) is 0 Å². The van der Waals surface area contributed by atoms with E-state index in [1.807, 2.05) is 0 Å². The van der Waals surface area contributed by atoms with Crippen molar-refractivity contribution in [1.29, 1.82) is 0 Å². The lowest BCUT2D eigenvalue weighted by atomic mass is 9.92. The van der Waals surface area contributed by atoms with Crippen molar-refractivity contribution in [3.8, 4) is 0 Å². The summed E-state index contributed by atoms with van der Waals surface area (Å²) in [6, 6.07) is 3.16. The number of amides is 1. The lowest BCUT2D eigenvalue weighted by Gasteiger charge is -2.16. The number of likely N-dealkylation sites (tertiary alicyclic amines) is 1. The van der Waals surface area contributed by atoms with E-state index in [0.717, 1.165) is 12.8 Å². The van der Waals surface area contributed by atoms with Crippen LogP contribution in [0.25, 0.3) is 0 Å². The van der Waals surface area contributed by atoms with Crippen LogP contribution in [0.15, 0.2) is 23.1 Å². The molecule has 0 radical (unpaired) electrons.